The third kappa shape index (κ3) is 2.96. The molecule has 0 heterocycles. The van der Waals surface area contributed by atoms with E-state index >= 15 is 0 Å². The molecule has 0 aromatic rings. The van der Waals surface area contributed by atoms with Crippen molar-refractivity contribution in [3.8, 4) is 0 Å². The average molecular weight is 184 g/mol. The Hall–Kier alpha value is -0.0800. The van der Waals surface area contributed by atoms with Crippen molar-refractivity contribution in [3.63, 3.8) is 0 Å². The fourth-order valence-electron chi connectivity index (χ4n) is 2.45. The van der Waals surface area contributed by atoms with E-state index in [4.69, 9.17) is 5.73 Å². The molecule has 2 atom stereocenters. The molecule has 1 rings (SSSR count). The van der Waals surface area contributed by atoms with Gasteiger partial charge in [0.05, 0.1) is 0 Å². The molecule has 0 saturated heterocycles. The van der Waals surface area contributed by atoms with Gasteiger partial charge in [-0.2, -0.15) is 0 Å². The Balaban J connectivity index is 2.31. The Labute approximate surface area is 82.5 Å². The van der Waals surface area contributed by atoms with Crippen molar-refractivity contribution >= 4 is 0 Å². The summed E-state index contributed by atoms with van der Waals surface area (Å²) in [6, 6.07) is 0.775. The second-order valence-corrected chi connectivity index (χ2v) is 4.33. The molecule has 2 heteroatoms. The van der Waals surface area contributed by atoms with Crippen molar-refractivity contribution in [1.82, 2.24) is 4.90 Å². The van der Waals surface area contributed by atoms with Gasteiger partial charge in [0.1, 0.15) is 0 Å². The first-order chi connectivity index (χ1) is 6.29. The normalized spacial score (nSPS) is 28.6. The molecule has 2 nitrogen and oxygen atoms in total. The van der Waals surface area contributed by atoms with Gasteiger partial charge in [-0.3, -0.25) is 0 Å². The summed E-state index contributed by atoms with van der Waals surface area (Å²) in [6.07, 6.45) is 6.71. The van der Waals surface area contributed by atoms with Crippen LogP contribution in [0.15, 0.2) is 0 Å². The van der Waals surface area contributed by atoms with Crippen molar-refractivity contribution < 1.29 is 0 Å². The zero-order valence-corrected chi connectivity index (χ0v) is 9.13. The van der Waals surface area contributed by atoms with Gasteiger partial charge in [-0.05, 0) is 45.3 Å². The Kier molecular flexibility index (Phi) is 4.74. The van der Waals surface area contributed by atoms with Crippen LogP contribution in [0.2, 0.25) is 0 Å². The summed E-state index contributed by atoms with van der Waals surface area (Å²) < 4.78 is 0. The molecule has 0 bridgehead atoms. The fourth-order valence-corrected chi connectivity index (χ4v) is 2.45. The van der Waals surface area contributed by atoms with Gasteiger partial charge in [0.25, 0.3) is 0 Å². The van der Waals surface area contributed by atoms with Gasteiger partial charge in [-0.15, -0.1) is 0 Å². The lowest BCUT2D eigenvalue weighted by Gasteiger charge is -2.28. The molecule has 0 aliphatic heterocycles. The topological polar surface area (TPSA) is 29.3 Å². The van der Waals surface area contributed by atoms with E-state index in [1.165, 1.54) is 38.6 Å². The SMILES string of the molecule is CCCCN(C)C1CCCC1CN. The number of hydrogen-bond donors (Lipinski definition) is 1. The summed E-state index contributed by atoms with van der Waals surface area (Å²) >= 11 is 0. The van der Waals surface area contributed by atoms with Gasteiger partial charge >= 0.3 is 0 Å². The number of unbranched alkanes of at least 4 members (excludes halogenated alkanes) is 1. The summed E-state index contributed by atoms with van der Waals surface area (Å²) in [4.78, 5) is 2.52. The van der Waals surface area contributed by atoms with E-state index in [9.17, 15) is 0 Å². The van der Waals surface area contributed by atoms with Crippen LogP contribution in [0, 0.1) is 5.92 Å². The molecule has 1 fully saturated rings. The maximum Gasteiger partial charge on any atom is 0.0132 e. The van der Waals surface area contributed by atoms with Crippen molar-refractivity contribution in [3.05, 3.63) is 0 Å². The van der Waals surface area contributed by atoms with E-state index in [0.29, 0.717) is 0 Å². The van der Waals surface area contributed by atoms with Crippen LogP contribution in [0.5, 0.6) is 0 Å². The molecule has 13 heavy (non-hydrogen) atoms. The highest BCUT2D eigenvalue weighted by Gasteiger charge is 2.28. The minimum absolute atomic E-state index is 0.766. The van der Waals surface area contributed by atoms with Crippen molar-refractivity contribution in [2.75, 3.05) is 20.1 Å². The van der Waals surface area contributed by atoms with E-state index < -0.39 is 0 Å². The van der Waals surface area contributed by atoms with Gasteiger partial charge in [-0.25, -0.2) is 0 Å². The largest absolute Gasteiger partial charge is 0.330 e. The van der Waals surface area contributed by atoms with Crippen LogP contribution in [-0.4, -0.2) is 31.1 Å². The third-order valence-electron chi connectivity index (χ3n) is 3.35. The summed E-state index contributed by atoms with van der Waals surface area (Å²) in [6.45, 7) is 4.38. The smallest absolute Gasteiger partial charge is 0.0132 e. The van der Waals surface area contributed by atoms with E-state index in [2.05, 4.69) is 18.9 Å². The molecule has 1 saturated carbocycles. The fraction of sp³-hybridized carbons (Fsp3) is 1.00. The summed E-state index contributed by atoms with van der Waals surface area (Å²) in [5, 5.41) is 0. The van der Waals surface area contributed by atoms with Gasteiger partial charge in [-0.1, -0.05) is 19.8 Å². The number of hydrogen-bond acceptors (Lipinski definition) is 2. The molecule has 0 aromatic carbocycles. The van der Waals surface area contributed by atoms with E-state index in [0.717, 1.165) is 18.5 Å². The van der Waals surface area contributed by atoms with Gasteiger partial charge in [0.15, 0.2) is 0 Å². The molecule has 0 spiro atoms. The number of nitrogens with two attached hydrogens (primary N) is 1. The van der Waals surface area contributed by atoms with Crippen LogP contribution in [0.25, 0.3) is 0 Å². The quantitative estimate of drug-likeness (QED) is 0.706. The van der Waals surface area contributed by atoms with Gasteiger partial charge in [0.2, 0.25) is 0 Å². The minimum Gasteiger partial charge on any atom is -0.330 e. The second-order valence-electron chi connectivity index (χ2n) is 4.33. The molecule has 2 N–H and O–H groups in total. The standard InChI is InChI=1S/C11H24N2/c1-3-4-8-13(2)11-7-5-6-10(11)9-12/h10-11H,3-9,12H2,1-2H3. The molecule has 1 aliphatic rings. The molecule has 0 radical (unpaired) electrons. The van der Waals surface area contributed by atoms with Crippen LogP contribution in [0.3, 0.4) is 0 Å². The molecule has 1 aliphatic carbocycles. The summed E-state index contributed by atoms with van der Waals surface area (Å²) in [7, 11) is 2.26. The highest BCUT2D eigenvalue weighted by atomic mass is 15.1. The first kappa shape index (κ1) is 11.0. The zero-order valence-electron chi connectivity index (χ0n) is 9.13. The van der Waals surface area contributed by atoms with Crippen LogP contribution in [-0.2, 0) is 0 Å². The lowest BCUT2D eigenvalue weighted by molar-refractivity contribution is 0.198. The lowest BCUT2D eigenvalue weighted by atomic mass is 10.0. The molecule has 78 valence electrons. The average Bonchev–Trinajstić information content (AvgIpc) is 2.61. The Morgan fingerprint density at radius 3 is 2.77 bits per heavy atom. The van der Waals surface area contributed by atoms with Crippen LogP contribution < -0.4 is 5.73 Å². The Bertz CT molecular complexity index is 136. The van der Waals surface area contributed by atoms with E-state index in [-0.39, 0.29) is 0 Å². The predicted molar refractivity (Wildman–Crippen MR) is 57.7 cm³/mol. The van der Waals surface area contributed by atoms with Gasteiger partial charge in [0, 0.05) is 6.04 Å². The monoisotopic (exact) mass is 184 g/mol. The molecule has 0 amide bonds. The first-order valence-corrected chi connectivity index (χ1v) is 5.70. The summed E-state index contributed by atoms with van der Waals surface area (Å²) in [5.41, 5.74) is 5.76. The maximum absolute atomic E-state index is 5.76. The molecule has 0 aromatic heterocycles. The predicted octanol–water partition coefficient (Wildman–Crippen LogP) is 1.85. The number of rotatable bonds is 5. The second kappa shape index (κ2) is 5.61. The maximum atomic E-state index is 5.76. The van der Waals surface area contributed by atoms with Crippen molar-refractivity contribution in [2.45, 2.75) is 45.1 Å². The highest BCUT2D eigenvalue weighted by molar-refractivity contribution is 4.84. The molecule has 2 unspecified atom stereocenters. The Morgan fingerprint density at radius 1 is 1.38 bits per heavy atom. The summed E-state index contributed by atoms with van der Waals surface area (Å²) in [5.74, 6) is 0.766. The zero-order chi connectivity index (χ0) is 9.68. The van der Waals surface area contributed by atoms with Gasteiger partial charge < -0.3 is 10.6 Å². The third-order valence-corrected chi connectivity index (χ3v) is 3.35. The van der Waals surface area contributed by atoms with Crippen LogP contribution >= 0.6 is 0 Å². The van der Waals surface area contributed by atoms with Crippen LogP contribution in [0.1, 0.15) is 39.0 Å². The van der Waals surface area contributed by atoms with Crippen molar-refractivity contribution in [2.24, 2.45) is 11.7 Å². The lowest BCUT2D eigenvalue weighted by Crippen LogP contribution is -2.38. The minimum atomic E-state index is 0.766. The van der Waals surface area contributed by atoms with E-state index in [1.54, 1.807) is 0 Å². The Morgan fingerprint density at radius 2 is 2.15 bits per heavy atom. The highest BCUT2D eigenvalue weighted by Crippen LogP contribution is 2.28. The number of nitrogens with zero attached hydrogens (tertiary/aromatic N) is 1. The first-order valence-electron chi connectivity index (χ1n) is 5.70. The molecular formula is C11H24N2. The van der Waals surface area contributed by atoms with E-state index in [1.807, 2.05) is 0 Å². The van der Waals surface area contributed by atoms with Crippen LogP contribution in [0.4, 0.5) is 0 Å². The van der Waals surface area contributed by atoms with Crippen molar-refractivity contribution in [1.29, 1.82) is 0 Å². The molecular weight excluding hydrogens is 160 g/mol.